The highest BCUT2D eigenvalue weighted by Gasteiger charge is 2.25. The van der Waals surface area contributed by atoms with Gasteiger partial charge in [0.1, 0.15) is 17.7 Å². The van der Waals surface area contributed by atoms with Crippen molar-refractivity contribution in [1.29, 1.82) is 0 Å². The van der Waals surface area contributed by atoms with E-state index in [1.807, 2.05) is 6.92 Å². The van der Waals surface area contributed by atoms with E-state index >= 15 is 0 Å². The SMILES string of the molecule is CCn1c(-c2ccccc2F)nc2cc(C(=O)N[C@@H](CCC(=O)OC)C(=O)OC)cc(NC(C)=O)c21. The van der Waals surface area contributed by atoms with Gasteiger partial charge >= 0.3 is 11.9 Å². The summed E-state index contributed by atoms with van der Waals surface area (Å²) < 4.78 is 25.7. The number of ether oxygens (including phenoxy) is 2. The molecule has 36 heavy (non-hydrogen) atoms. The number of carbonyl (C=O) groups excluding carboxylic acids is 4. The van der Waals surface area contributed by atoms with Gasteiger partial charge in [-0.1, -0.05) is 12.1 Å². The van der Waals surface area contributed by atoms with Crippen LogP contribution in [0.25, 0.3) is 22.4 Å². The van der Waals surface area contributed by atoms with E-state index in [0.717, 1.165) is 0 Å². The van der Waals surface area contributed by atoms with Crippen molar-refractivity contribution in [1.82, 2.24) is 14.9 Å². The summed E-state index contributed by atoms with van der Waals surface area (Å²) in [6, 6.07) is 8.00. The van der Waals surface area contributed by atoms with Crippen LogP contribution >= 0.6 is 0 Å². The highest BCUT2D eigenvalue weighted by molar-refractivity contribution is 6.06. The van der Waals surface area contributed by atoms with Crippen LogP contribution in [0.5, 0.6) is 0 Å². The second kappa shape index (κ2) is 11.4. The van der Waals surface area contributed by atoms with Gasteiger partial charge < -0.3 is 24.7 Å². The number of carbonyl (C=O) groups is 4. The third kappa shape index (κ3) is 5.68. The lowest BCUT2D eigenvalue weighted by molar-refractivity contribution is -0.144. The van der Waals surface area contributed by atoms with Crippen LogP contribution in [-0.2, 0) is 30.4 Å². The van der Waals surface area contributed by atoms with E-state index in [-0.39, 0.29) is 29.9 Å². The molecule has 0 bridgehead atoms. The second-order valence-electron chi connectivity index (χ2n) is 7.90. The number of fused-ring (bicyclic) bond motifs is 1. The average Bonchev–Trinajstić information content (AvgIpc) is 3.24. The molecule has 0 saturated heterocycles. The van der Waals surface area contributed by atoms with Gasteiger partial charge in [-0.2, -0.15) is 0 Å². The third-order valence-corrected chi connectivity index (χ3v) is 5.50. The standard InChI is InChI=1S/C25H27FN4O6/c1-5-30-22-19(27-14(2)31)12-15(13-20(22)28-23(30)16-8-6-7-9-17(16)26)24(33)29-18(25(34)36-4)10-11-21(32)35-3/h6-9,12-13,18H,5,10-11H2,1-4H3,(H,27,31)(H,29,33)/t18-/m0/s1. The number of aryl methyl sites for hydroxylation is 1. The Kier molecular flexibility index (Phi) is 8.36. The maximum Gasteiger partial charge on any atom is 0.328 e. The minimum Gasteiger partial charge on any atom is -0.469 e. The molecule has 1 aromatic heterocycles. The number of esters is 2. The maximum atomic E-state index is 14.6. The normalized spacial score (nSPS) is 11.6. The van der Waals surface area contributed by atoms with E-state index in [9.17, 15) is 23.6 Å². The van der Waals surface area contributed by atoms with Gasteiger partial charge in [-0.15, -0.1) is 0 Å². The van der Waals surface area contributed by atoms with Gasteiger partial charge in [-0.3, -0.25) is 14.4 Å². The summed E-state index contributed by atoms with van der Waals surface area (Å²) >= 11 is 0. The molecular weight excluding hydrogens is 471 g/mol. The molecule has 0 unspecified atom stereocenters. The van der Waals surface area contributed by atoms with Crippen LogP contribution in [0.15, 0.2) is 36.4 Å². The molecule has 10 nitrogen and oxygen atoms in total. The Morgan fingerprint density at radius 2 is 1.83 bits per heavy atom. The molecule has 0 saturated carbocycles. The first-order chi connectivity index (χ1) is 17.2. The van der Waals surface area contributed by atoms with Gasteiger partial charge in [0.15, 0.2) is 0 Å². The third-order valence-electron chi connectivity index (χ3n) is 5.50. The van der Waals surface area contributed by atoms with Crippen LogP contribution in [0.1, 0.15) is 37.0 Å². The molecule has 0 aliphatic heterocycles. The van der Waals surface area contributed by atoms with E-state index < -0.39 is 29.7 Å². The smallest absolute Gasteiger partial charge is 0.328 e. The van der Waals surface area contributed by atoms with Crippen LogP contribution in [0.2, 0.25) is 0 Å². The van der Waals surface area contributed by atoms with Crippen LogP contribution in [0, 0.1) is 5.82 Å². The van der Waals surface area contributed by atoms with Crippen LogP contribution in [0.4, 0.5) is 10.1 Å². The number of anilines is 1. The predicted molar refractivity (Wildman–Crippen MR) is 130 cm³/mol. The fourth-order valence-electron chi connectivity index (χ4n) is 3.84. The number of nitrogens with one attached hydrogen (secondary N) is 2. The highest BCUT2D eigenvalue weighted by atomic mass is 19.1. The number of amides is 2. The number of methoxy groups -OCH3 is 2. The van der Waals surface area contributed by atoms with Crippen molar-refractivity contribution in [2.24, 2.45) is 0 Å². The largest absolute Gasteiger partial charge is 0.469 e. The molecule has 2 N–H and O–H groups in total. The summed E-state index contributed by atoms with van der Waals surface area (Å²) in [5.74, 6) is -2.43. The first kappa shape index (κ1) is 26.3. The lowest BCUT2D eigenvalue weighted by Crippen LogP contribution is -2.42. The Hall–Kier alpha value is -4.28. The van der Waals surface area contributed by atoms with Gasteiger partial charge in [-0.05, 0) is 37.6 Å². The number of nitrogens with zero attached hydrogens (tertiary/aromatic N) is 2. The maximum absolute atomic E-state index is 14.6. The Balaban J connectivity index is 2.08. The van der Waals surface area contributed by atoms with Gasteiger partial charge in [0, 0.05) is 25.5 Å². The van der Waals surface area contributed by atoms with Crippen molar-refractivity contribution in [3.05, 3.63) is 47.8 Å². The van der Waals surface area contributed by atoms with Crippen molar-refractivity contribution < 1.29 is 33.0 Å². The zero-order valence-electron chi connectivity index (χ0n) is 20.4. The van der Waals surface area contributed by atoms with Crippen LogP contribution in [0.3, 0.4) is 0 Å². The number of hydrogen-bond acceptors (Lipinski definition) is 7. The van der Waals surface area contributed by atoms with Gasteiger partial charge in [0.25, 0.3) is 5.91 Å². The molecule has 1 heterocycles. The summed E-state index contributed by atoms with van der Waals surface area (Å²) in [7, 11) is 2.39. The average molecular weight is 499 g/mol. The van der Waals surface area contributed by atoms with Crippen LogP contribution < -0.4 is 10.6 Å². The zero-order valence-corrected chi connectivity index (χ0v) is 20.4. The summed E-state index contributed by atoms with van der Waals surface area (Å²) in [6.07, 6.45) is -0.145. The molecule has 3 rings (SSSR count). The molecule has 0 aliphatic rings. The second-order valence-corrected chi connectivity index (χ2v) is 7.90. The quantitative estimate of drug-likeness (QED) is 0.434. The molecule has 3 aromatic rings. The van der Waals surface area contributed by atoms with Crippen molar-refractivity contribution in [2.45, 2.75) is 39.3 Å². The monoisotopic (exact) mass is 498 g/mol. The van der Waals surface area contributed by atoms with Crippen molar-refractivity contribution in [3.8, 4) is 11.4 Å². The van der Waals surface area contributed by atoms with Gasteiger partial charge in [0.2, 0.25) is 5.91 Å². The molecule has 190 valence electrons. The molecule has 0 spiro atoms. The molecule has 0 aliphatic carbocycles. The van der Waals surface area contributed by atoms with E-state index in [4.69, 9.17) is 4.74 Å². The minimum absolute atomic E-state index is 0.0340. The Morgan fingerprint density at radius 1 is 1.11 bits per heavy atom. The topological polar surface area (TPSA) is 129 Å². The molecule has 2 aromatic carbocycles. The lowest BCUT2D eigenvalue weighted by Gasteiger charge is -2.17. The van der Waals surface area contributed by atoms with Crippen molar-refractivity contribution in [2.75, 3.05) is 19.5 Å². The fourth-order valence-corrected chi connectivity index (χ4v) is 3.84. The first-order valence-electron chi connectivity index (χ1n) is 11.2. The van der Waals surface area contributed by atoms with E-state index in [0.29, 0.717) is 29.1 Å². The Bertz CT molecular complexity index is 1320. The van der Waals surface area contributed by atoms with Gasteiger partial charge in [0.05, 0.1) is 36.5 Å². The Morgan fingerprint density at radius 3 is 2.44 bits per heavy atom. The molecule has 2 amide bonds. The summed E-state index contributed by atoms with van der Waals surface area (Å²) in [6.45, 7) is 3.59. The van der Waals surface area contributed by atoms with Gasteiger partial charge in [-0.25, -0.2) is 14.2 Å². The van der Waals surface area contributed by atoms with Crippen molar-refractivity contribution >= 4 is 40.5 Å². The molecule has 1 atom stereocenters. The molecule has 11 heteroatoms. The lowest BCUT2D eigenvalue weighted by atomic mass is 10.1. The number of hydrogen-bond donors (Lipinski definition) is 2. The fraction of sp³-hybridized carbons (Fsp3) is 0.320. The van der Waals surface area contributed by atoms with Crippen molar-refractivity contribution in [3.63, 3.8) is 0 Å². The summed E-state index contributed by atoms with van der Waals surface area (Å²) in [5.41, 5.74) is 1.52. The highest BCUT2D eigenvalue weighted by Crippen LogP contribution is 2.32. The number of imidazole rings is 1. The molecule has 0 fully saturated rings. The van der Waals surface area contributed by atoms with E-state index in [2.05, 4.69) is 20.4 Å². The summed E-state index contributed by atoms with van der Waals surface area (Å²) in [5, 5.41) is 5.26. The number of halogens is 1. The molecular formula is C25H27FN4O6. The van der Waals surface area contributed by atoms with Crippen LogP contribution in [-0.4, -0.2) is 53.6 Å². The number of aromatic nitrogens is 2. The van der Waals surface area contributed by atoms with E-state index in [1.165, 1.54) is 39.3 Å². The Labute approximate surface area is 206 Å². The first-order valence-corrected chi connectivity index (χ1v) is 11.2. The number of benzene rings is 2. The zero-order chi connectivity index (χ0) is 26.4. The molecule has 0 radical (unpaired) electrons. The number of rotatable bonds is 9. The van der Waals surface area contributed by atoms with E-state index in [1.54, 1.807) is 22.8 Å². The minimum atomic E-state index is -1.11. The predicted octanol–water partition coefficient (Wildman–Crippen LogP) is 3.05. The summed E-state index contributed by atoms with van der Waals surface area (Å²) in [4.78, 5) is 53.3.